The molecule has 1 rings (SSSR count). The van der Waals surface area contributed by atoms with Crippen molar-refractivity contribution in [3.63, 3.8) is 0 Å². The first-order valence-electron chi connectivity index (χ1n) is 3.24. The fraction of sp³-hybridized carbons (Fsp3) is 1.00. The van der Waals surface area contributed by atoms with Crippen LogP contribution < -0.4 is 5.32 Å². The Morgan fingerprint density at radius 2 is 2.22 bits per heavy atom. The molecule has 1 fully saturated rings. The molecule has 9 heavy (non-hydrogen) atoms. The molecule has 1 saturated heterocycles. The van der Waals surface area contributed by atoms with Crippen molar-refractivity contribution in [2.75, 3.05) is 6.54 Å². The lowest BCUT2D eigenvalue weighted by Crippen LogP contribution is -2.47. The summed E-state index contributed by atoms with van der Waals surface area (Å²) in [6.07, 6.45) is 0.637. The molecule has 1 nitrogen and oxygen atoms in total. The third kappa shape index (κ3) is 1.39. The maximum atomic E-state index is 12.5. The van der Waals surface area contributed by atoms with Gasteiger partial charge in [0.15, 0.2) is 0 Å². The zero-order valence-electron chi connectivity index (χ0n) is 5.45. The second-order valence-corrected chi connectivity index (χ2v) is 2.54. The second kappa shape index (κ2) is 2.21. The topological polar surface area (TPSA) is 12.0 Å². The van der Waals surface area contributed by atoms with Crippen LogP contribution in [0.15, 0.2) is 0 Å². The molecule has 0 unspecified atom stereocenters. The number of hydrogen-bond acceptors (Lipinski definition) is 1. The van der Waals surface area contributed by atoms with Crippen molar-refractivity contribution in [1.29, 1.82) is 0 Å². The van der Waals surface area contributed by atoms with Crippen LogP contribution in [0, 0.1) is 0 Å². The van der Waals surface area contributed by atoms with E-state index in [1.165, 1.54) is 6.92 Å². The highest BCUT2D eigenvalue weighted by Crippen LogP contribution is 2.26. The molecule has 0 aliphatic carbocycles. The van der Waals surface area contributed by atoms with Gasteiger partial charge in [0, 0.05) is 6.42 Å². The number of rotatable bonds is 0. The van der Waals surface area contributed by atoms with Gasteiger partial charge < -0.3 is 5.32 Å². The van der Waals surface area contributed by atoms with E-state index in [1.54, 1.807) is 0 Å². The van der Waals surface area contributed by atoms with E-state index in [0.717, 1.165) is 6.54 Å². The predicted molar refractivity (Wildman–Crippen MR) is 31.6 cm³/mol. The first-order chi connectivity index (χ1) is 4.13. The van der Waals surface area contributed by atoms with Crippen LogP contribution in [0.3, 0.4) is 0 Å². The summed E-state index contributed by atoms with van der Waals surface area (Å²) in [6, 6.07) is -0.633. The van der Waals surface area contributed by atoms with Crippen LogP contribution in [0.4, 0.5) is 8.78 Å². The van der Waals surface area contributed by atoms with Crippen LogP contribution in [-0.4, -0.2) is 18.5 Å². The number of halogens is 2. The summed E-state index contributed by atoms with van der Waals surface area (Å²) in [7, 11) is 0. The van der Waals surface area contributed by atoms with Crippen LogP contribution in [0.5, 0.6) is 0 Å². The number of hydrogen-bond donors (Lipinski definition) is 1. The fourth-order valence-corrected chi connectivity index (χ4v) is 1.01. The van der Waals surface area contributed by atoms with Gasteiger partial charge in [-0.2, -0.15) is 0 Å². The van der Waals surface area contributed by atoms with Gasteiger partial charge in [-0.3, -0.25) is 0 Å². The summed E-state index contributed by atoms with van der Waals surface area (Å²) >= 11 is 0. The molecule has 0 aromatic heterocycles. The van der Waals surface area contributed by atoms with Gasteiger partial charge in [-0.25, -0.2) is 8.78 Å². The average Bonchev–Trinajstić information content (AvgIpc) is 1.77. The van der Waals surface area contributed by atoms with Crippen molar-refractivity contribution in [3.8, 4) is 0 Å². The van der Waals surface area contributed by atoms with E-state index in [4.69, 9.17) is 0 Å². The van der Waals surface area contributed by atoms with Gasteiger partial charge >= 0.3 is 0 Å². The van der Waals surface area contributed by atoms with E-state index >= 15 is 0 Å². The van der Waals surface area contributed by atoms with E-state index < -0.39 is 12.0 Å². The van der Waals surface area contributed by atoms with Crippen LogP contribution in [0.25, 0.3) is 0 Å². The number of alkyl halides is 2. The molecular formula is C6H11F2N. The molecule has 1 heterocycles. The summed E-state index contributed by atoms with van der Waals surface area (Å²) in [5.41, 5.74) is 0. The van der Waals surface area contributed by atoms with E-state index in [9.17, 15) is 8.78 Å². The fourth-order valence-electron chi connectivity index (χ4n) is 1.01. The number of piperidine rings is 1. The molecular weight excluding hydrogens is 124 g/mol. The van der Waals surface area contributed by atoms with Gasteiger partial charge in [0.25, 0.3) is 5.92 Å². The van der Waals surface area contributed by atoms with Crippen molar-refractivity contribution >= 4 is 0 Å². The van der Waals surface area contributed by atoms with Gasteiger partial charge in [-0.05, 0) is 19.9 Å². The zero-order chi connectivity index (χ0) is 6.91. The van der Waals surface area contributed by atoms with Crippen LogP contribution >= 0.6 is 0 Å². The third-order valence-electron chi connectivity index (χ3n) is 1.77. The van der Waals surface area contributed by atoms with Gasteiger partial charge in [0.05, 0.1) is 6.04 Å². The van der Waals surface area contributed by atoms with Gasteiger partial charge in [-0.15, -0.1) is 0 Å². The Morgan fingerprint density at radius 3 is 2.56 bits per heavy atom. The minimum atomic E-state index is -2.47. The van der Waals surface area contributed by atoms with Crippen LogP contribution in [0.1, 0.15) is 19.8 Å². The van der Waals surface area contributed by atoms with Gasteiger partial charge in [0.1, 0.15) is 0 Å². The Kier molecular flexibility index (Phi) is 1.70. The smallest absolute Gasteiger partial charge is 0.262 e. The van der Waals surface area contributed by atoms with Crippen molar-refractivity contribution in [2.45, 2.75) is 31.7 Å². The Hall–Kier alpha value is -0.180. The number of nitrogens with one attached hydrogen (secondary N) is 1. The molecule has 0 saturated carbocycles. The quantitative estimate of drug-likeness (QED) is 0.529. The molecule has 1 atom stereocenters. The summed E-state index contributed by atoms with van der Waals surface area (Å²) < 4.78 is 25.1. The Labute approximate surface area is 53.4 Å². The summed E-state index contributed by atoms with van der Waals surface area (Å²) in [6.45, 7) is 2.26. The molecule has 0 aromatic carbocycles. The first kappa shape index (κ1) is 6.93. The summed E-state index contributed by atoms with van der Waals surface area (Å²) in [5, 5.41) is 2.72. The molecule has 0 bridgehead atoms. The minimum Gasteiger partial charge on any atom is -0.309 e. The third-order valence-corrected chi connectivity index (χ3v) is 1.77. The molecule has 54 valence electrons. The molecule has 0 aromatic rings. The minimum absolute atomic E-state index is 0.0428. The molecule has 1 N–H and O–H groups in total. The SMILES string of the molecule is C[C@@H]1NCCCC1(F)F. The van der Waals surface area contributed by atoms with E-state index in [-0.39, 0.29) is 6.42 Å². The molecule has 3 heteroatoms. The Balaban J connectivity index is 2.49. The van der Waals surface area contributed by atoms with E-state index in [2.05, 4.69) is 5.32 Å². The zero-order valence-corrected chi connectivity index (χ0v) is 5.45. The predicted octanol–water partition coefficient (Wildman–Crippen LogP) is 1.39. The van der Waals surface area contributed by atoms with Gasteiger partial charge in [0.2, 0.25) is 0 Å². The maximum absolute atomic E-state index is 12.5. The van der Waals surface area contributed by atoms with E-state index in [1.807, 2.05) is 0 Å². The summed E-state index contributed by atoms with van der Waals surface area (Å²) in [5.74, 6) is -2.47. The largest absolute Gasteiger partial charge is 0.309 e. The van der Waals surface area contributed by atoms with Crippen molar-refractivity contribution in [2.24, 2.45) is 0 Å². The monoisotopic (exact) mass is 135 g/mol. The molecule has 1 aliphatic rings. The Bertz CT molecular complexity index is 103. The Morgan fingerprint density at radius 1 is 1.56 bits per heavy atom. The van der Waals surface area contributed by atoms with E-state index in [0.29, 0.717) is 6.42 Å². The highest BCUT2D eigenvalue weighted by Gasteiger charge is 2.37. The summed E-state index contributed by atoms with van der Waals surface area (Å²) in [4.78, 5) is 0. The lowest BCUT2D eigenvalue weighted by Gasteiger charge is -2.29. The molecule has 0 amide bonds. The molecule has 0 spiro atoms. The lowest BCUT2D eigenvalue weighted by molar-refractivity contribution is -0.0545. The normalized spacial score (nSPS) is 34.3. The first-order valence-corrected chi connectivity index (χ1v) is 3.24. The second-order valence-electron chi connectivity index (χ2n) is 2.54. The van der Waals surface area contributed by atoms with Crippen molar-refractivity contribution in [3.05, 3.63) is 0 Å². The lowest BCUT2D eigenvalue weighted by atomic mass is 10.0. The maximum Gasteiger partial charge on any atom is 0.262 e. The van der Waals surface area contributed by atoms with Crippen molar-refractivity contribution in [1.82, 2.24) is 5.32 Å². The van der Waals surface area contributed by atoms with Crippen molar-refractivity contribution < 1.29 is 8.78 Å². The van der Waals surface area contributed by atoms with Crippen LogP contribution in [0.2, 0.25) is 0 Å². The van der Waals surface area contributed by atoms with Crippen LogP contribution in [-0.2, 0) is 0 Å². The molecule has 0 radical (unpaired) electrons. The van der Waals surface area contributed by atoms with Gasteiger partial charge in [-0.1, -0.05) is 0 Å². The highest BCUT2D eigenvalue weighted by molar-refractivity contribution is 4.83. The average molecular weight is 135 g/mol. The standard InChI is InChI=1S/C6H11F2N/c1-5-6(7,8)3-2-4-9-5/h5,9H,2-4H2,1H3/t5-/m0/s1. The molecule has 1 aliphatic heterocycles. The highest BCUT2D eigenvalue weighted by atomic mass is 19.3.